The fourth-order valence-corrected chi connectivity index (χ4v) is 2.58. The summed E-state index contributed by atoms with van der Waals surface area (Å²) >= 11 is 0.525. The molecule has 2 rings (SSSR count). The summed E-state index contributed by atoms with van der Waals surface area (Å²) in [5, 5.41) is 13.2. The zero-order chi connectivity index (χ0) is 15.4. The summed E-state index contributed by atoms with van der Waals surface area (Å²) < 4.78 is 24.5. The largest absolute Gasteiger partial charge is 0.508 e. The van der Waals surface area contributed by atoms with Gasteiger partial charge in [-0.15, -0.1) is 0 Å². The molecule has 2 nitrogen and oxygen atoms in total. The topological polar surface area (TPSA) is 32.3 Å². The molecule has 0 heterocycles. The minimum atomic E-state index is -2.41. The number of benzene rings is 2. The Morgan fingerprint density at radius 1 is 1.10 bits per heavy atom. The lowest BCUT2D eigenvalue weighted by Gasteiger charge is -2.17. The van der Waals surface area contributed by atoms with Gasteiger partial charge in [0.15, 0.2) is 0 Å². The molecule has 0 bridgehead atoms. The van der Waals surface area contributed by atoms with Gasteiger partial charge < -0.3 is 10.4 Å². The number of aryl methyl sites for hydroxylation is 1. The highest BCUT2D eigenvalue weighted by Crippen LogP contribution is 2.30. The maximum absolute atomic E-state index is 12.2. The van der Waals surface area contributed by atoms with E-state index >= 15 is 0 Å². The van der Waals surface area contributed by atoms with Crippen LogP contribution in [-0.2, 0) is 0 Å². The number of halogens is 2. The van der Waals surface area contributed by atoms with Crippen LogP contribution in [0.2, 0.25) is 0 Å². The second-order valence-corrected chi connectivity index (χ2v) is 5.89. The molecule has 112 valence electrons. The standard InChI is InChI=1S/C16H17F2NOS/c1-10-3-8-14(15(20)9-10)11(2)19-12-4-6-13(7-5-12)21-16(17)18/h3-9,11,16,19-20H,1-2H3. The number of rotatable bonds is 5. The van der Waals surface area contributed by atoms with Crippen LogP contribution in [-0.4, -0.2) is 10.9 Å². The first kappa shape index (κ1) is 15.6. The van der Waals surface area contributed by atoms with E-state index in [2.05, 4.69) is 5.32 Å². The van der Waals surface area contributed by atoms with Crippen molar-refractivity contribution in [3.63, 3.8) is 0 Å². The van der Waals surface area contributed by atoms with E-state index in [0.717, 1.165) is 16.8 Å². The molecule has 0 saturated heterocycles. The van der Waals surface area contributed by atoms with Crippen molar-refractivity contribution in [3.05, 3.63) is 53.6 Å². The number of hydrogen-bond acceptors (Lipinski definition) is 3. The summed E-state index contributed by atoms with van der Waals surface area (Å²) in [5.74, 6) is -2.16. The molecular formula is C16H17F2NOS. The van der Waals surface area contributed by atoms with Gasteiger partial charge in [0.05, 0.1) is 6.04 Å². The first-order valence-corrected chi connectivity index (χ1v) is 7.44. The maximum atomic E-state index is 12.2. The van der Waals surface area contributed by atoms with Crippen molar-refractivity contribution in [1.29, 1.82) is 0 Å². The molecule has 1 atom stereocenters. The number of hydrogen-bond donors (Lipinski definition) is 2. The van der Waals surface area contributed by atoms with Crippen LogP contribution in [0.3, 0.4) is 0 Å². The molecular weight excluding hydrogens is 292 g/mol. The molecule has 0 aliphatic carbocycles. The number of thioether (sulfide) groups is 1. The highest BCUT2D eigenvalue weighted by molar-refractivity contribution is 7.99. The number of alkyl halides is 2. The summed E-state index contributed by atoms with van der Waals surface area (Å²) in [6.07, 6.45) is 0. The Hall–Kier alpha value is -1.75. The third-order valence-corrected chi connectivity index (χ3v) is 3.84. The molecule has 0 aliphatic rings. The number of phenols is 1. The van der Waals surface area contributed by atoms with Gasteiger partial charge in [-0.05, 0) is 49.7 Å². The molecule has 5 heteroatoms. The van der Waals surface area contributed by atoms with Gasteiger partial charge in [0.2, 0.25) is 0 Å². The predicted molar refractivity (Wildman–Crippen MR) is 83.2 cm³/mol. The first-order chi connectivity index (χ1) is 9.95. The molecule has 2 N–H and O–H groups in total. The van der Waals surface area contributed by atoms with Gasteiger partial charge in [0.1, 0.15) is 5.75 Å². The van der Waals surface area contributed by atoms with Gasteiger partial charge >= 0.3 is 0 Å². The Balaban J connectivity index is 2.06. The van der Waals surface area contributed by atoms with Crippen LogP contribution < -0.4 is 5.32 Å². The highest BCUT2D eigenvalue weighted by Gasteiger charge is 2.11. The molecule has 21 heavy (non-hydrogen) atoms. The number of aromatic hydroxyl groups is 1. The lowest BCUT2D eigenvalue weighted by molar-refractivity contribution is 0.252. The monoisotopic (exact) mass is 309 g/mol. The molecule has 1 unspecified atom stereocenters. The zero-order valence-corrected chi connectivity index (χ0v) is 12.6. The second kappa shape index (κ2) is 6.80. The molecule has 2 aromatic rings. The fraction of sp³-hybridized carbons (Fsp3) is 0.250. The first-order valence-electron chi connectivity index (χ1n) is 6.56. The van der Waals surface area contributed by atoms with Crippen molar-refractivity contribution < 1.29 is 13.9 Å². The Kier molecular flexibility index (Phi) is 5.07. The van der Waals surface area contributed by atoms with E-state index in [-0.39, 0.29) is 11.8 Å². The van der Waals surface area contributed by atoms with Gasteiger partial charge in [0, 0.05) is 16.1 Å². The molecule has 2 aromatic carbocycles. The quantitative estimate of drug-likeness (QED) is 0.746. The summed E-state index contributed by atoms with van der Waals surface area (Å²) in [6.45, 7) is 3.85. The lowest BCUT2D eigenvalue weighted by Crippen LogP contribution is -2.06. The molecule has 0 radical (unpaired) electrons. The Morgan fingerprint density at radius 2 is 1.76 bits per heavy atom. The van der Waals surface area contributed by atoms with E-state index in [1.807, 2.05) is 26.0 Å². The number of phenolic OH excluding ortho intramolecular Hbond substituents is 1. The molecule has 0 aliphatic heterocycles. The van der Waals surface area contributed by atoms with Crippen molar-refractivity contribution >= 4 is 17.4 Å². The SMILES string of the molecule is Cc1ccc(C(C)Nc2ccc(SC(F)F)cc2)c(O)c1. The minimum absolute atomic E-state index is 0.0841. The number of anilines is 1. The molecule has 0 spiro atoms. The van der Waals surface area contributed by atoms with Crippen LogP contribution in [0.5, 0.6) is 5.75 Å². The van der Waals surface area contributed by atoms with Crippen LogP contribution in [0.4, 0.5) is 14.5 Å². The summed E-state index contributed by atoms with van der Waals surface area (Å²) in [6, 6.07) is 12.3. The van der Waals surface area contributed by atoms with E-state index in [1.54, 1.807) is 30.3 Å². The molecule has 0 aromatic heterocycles. The van der Waals surface area contributed by atoms with Gasteiger partial charge in [-0.1, -0.05) is 23.9 Å². The number of nitrogens with one attached hydrogen (secondary N) is 1. The van der Waals surface area contributed by atoms with Crippen molar-refractivity contribution in [3.8, 4) is 5.75 Å². The molecule has 0 amide bonds. The Labute approximate surface area is 127 Å². The van der Waals surface area contributed by atoms with Crippen molar-refractivity contribution in [1.82, 2.24) is 0 Å². The van der Waals surface area contributed by atoms with Gasteiger partial charge in [-0.2, -0.15) is 8.78 Å². The average Bonchev–Trinajstić information content (AvgIpc) is 2.40. The minimum Gasteiger partial charge on any atom is -0.508 e. The van der Waals surface area contributed by atoms with E-state index < -0.39 is 5.76 Å². The van der Waals surface area contributed by atoms with Crippen molar-refractivity contribution in [2.45, 2.75) is 30.5 Å². The van der Waals surface area contributed by atoms with E-state index in [1.165, 1.54) is 0 Å². The van der Waals surface area contributed by atoms with Crippen LogP contribution >= 0.6 is 11.8 Å². The van der Waals surface area contributed by atoms with Crippen LogP contribution in [0.25, 0.3) is 0 Å². The van der Waals surface area contributed by atoms with Crippen molar-refractivity contribution in [2.24, 2.45) is 0 Å². The summed E-state index contributed by atoms with van der Waals surface area (Å²) in [4.78, 5) is 0.529. The average molecular weight is 309 g/mol. The van der Waals surface area contributed by atoms with Crippen molar-refractivity contribution in [2.75, 3.05) is 5.32 Å². The lowest BCUT2D eigenvalue weighted by atomic mass is 10.0. The Bertz CT molecular complexity index is 602. The van der Waals surface area contributed by atoms with E-state index in [9.17, 15) is 13.9 Å². The van der Waals surface area contributed by atoms with E-state index in [0.29, 0.717) is 16.7 Å². The normalized spacial score (nSPS) is 12.4. The second-order valence-electron chi connectivity index (χ2n) is 4.83. The fourth-order valence-electron chi connectivity index (χ4n) is 2.08. The van der Waals surface area contributed by atoms with Gasteiger partial charge in [0.25, 0.3) is 5.76 Å². The third kappa shape index (κ3) is 4.36. The molecule has 0 fully saturated rings. The predicted octanol–water partition coefficient (Wildman–Crippen LogP) is 5.19. The zero-order valence-electron chi connectivity index (χ0n) is 11.8. The summed E-state index contributed by atoms with van der Waals surface area (Å²) in [7, 11) is 0. The van der Waals surface area contributed by atoms with Crippen LogP contribution in [0, 0.1) is 6.92 Å². The van der Waals surface area contributed by atoms with Gasteiger partial charge in [-0.3, -0.25) is 0 Å². The van der Waals surface area contributed by atoms with E-state index in [4.69, 9.17) is 0 Å². The molecule has 0 saturated carbocycles. The summed E-state index contributed by atoms with van der Waals surface area (Å²) in [5.41, 5.74) is 2.62. The van der Waals surface area contributed by atoms with Gasteiger partial charge in [-0.25, -0.2) is 0 Å². The smallest absolute Gasteiger partial charge is 0.288 e. The van der Waals surface area contributed by atoms with Crippen LogP contribution in [0.15, 0.2) is 47.4 Å². The highest BCUT2D eigenvalue weighted by atomic mass is 32.2. The third-order valence-electron chi connectivity index (χ3n) is 3.12. The maximum Gasteiger partial charge on any atom is 0.288 e. The Morgan fingerprint density at radius 3 is 2.33 bits per heavy atom. The van der Waals surface area contributed by atoms with Crippen LogP contribution in [0.1, 0.15) is 24.1 Å².